The number of phenols is 2. The maximum absolute atomic E-state index is 12.7. The number of aromatic nitrogens is 2. The van der Waals surface area contributed by atoms with Crippen LogP contribution >= 0.6 is 0 Å². The van der Waals surface area contributed by atoms with Gasteiger partial charge in [0.2, 0.25) is 6.54 Å². The van der Waals surface area contributed by atoms with E-state index >= 15 is 0 Å². The summed E-state index contributed by atoms with van der Waals surface area (Å²) in [5, 5.41) is 21.9. The fourth-order valence-electron chi connectivity index (χ4n) is 3.98. The van der Waals surface area contributed by atoms with Crippen molar-refractivity contribution in [1.82, 2.24) is 9.55 Å². The minimum atomic E-state index is 0.155. The molecule has 124 valence electrons. The first-order valence-electron chi connectivity index (χ1n) is 8.14. The number of nitrogens with one attached hydrogen (secondary N) is 1. The molecule has 0 radical (unpaired) electrons. The maximum atomic E-state index is 12.7. The molecular weight excluding hydrogens is 318 g/mol. The van der Waals surface area contributed by atoms with E-state index in [-0.39, 0.29) is 11.5 Å². The van der Waals surface area contributed by atoms with E-state index in [0.29, 0.717) is 29.7 Å². The van der Waals surface area contributed by atoms with E-state index in [1.807, 2.05) is 17.8 Å². The summed E-state index contributed by atoms with van der Waals surface area (Å²) in [6, 6.07) is 6.83. The van der Waals surface area contributed by atoms with Gasteiger partial charge in [-0.25, -0.2) is 0 Å². The number of aromatic hydroxyl groups is 2. The van der Waals surface area contributed by atoms with Gasteiger partial charge >= 0.3 is 0 Å². The highest BCUT2D eigenvalue weighted by Gasteiger charge is 2.35. The molecule has 6 nitrogen and oxygen atoms in total. The standard InChI is InChI=1S/C19H15N3O3/c1-21-9-11-6-7-22(25)17-14(11)18(21)19(24)16-15(17)13(8-20-16)10-2-4-12(23)5-3-10/h2-5,8-9H,6-7H2,1H3,(H2-,20,23,24,25)/p+1. The normalized spacial score (nSPS) is 13.9. The summed E-state index contributed by atoms with van der Waals surface area (Å²) in [5.41, 5.74) is 4.62. The SMILES string of the molecule is Cn1cc2c3c(c4c(-c5ccc(O)cc5)c[nH]c4c(O)c31)[N+](=O)CC2. The smallest absolute Gasteiger partial charge is 0.275 e. The molecule has 0 saturated heterocycles. The van der Waals surface area contributed by atoms with Crippen LogP contribution < -0.4 is 0 Å². The molecule has 0 aliphatic carbocycles. The van der Waals surface area contributed by atoms with Gasteiger partial charge < -0.3 is 19.8 Å². The molecule has 0 fully saturated rings. The van der Waals surface area contributed by atoms with Gasteiger partial charge in [-0.05, 0) is 23.3 Å². The number of hydrogen-bond donors (Lipinski definition) is 3. The van der Waals surface area contributed by atoms with Crippen molar-refractivity contribution in [3.05, 3.63) is 47.1 Å². The average Bonchev–Trinajstić information content (AvgIpc) is 3.17. The third-order valence-corrected chi connectivity index (χ3v) is 5.09. The molecule has 5 rings (SSSR count). The van der Waals surface area contributed by atoms with Gasteiger partial charge in [0.25, 0.3) is 5.69 Å². The van der Waals surface area contributed by atoms with Crippen LogP contribution in [-0.4, -0.2) is 31.1 Å². The zero-order valence-electron chi connectivity index (χ0n) is 13.6. The quantitative estimate of drug-likeness (QED) is 0.464. The minimum Gasteiger partial charge on any atom is -0.508 e. The molecule has 0 unspecified atom stereocenters. The lowest BCUT2D eigenvalue weighted by Crippen LogP contribution is -2.11. The molecule has 0 bridgehead atoms. The number of nitroso groups, excluding NO2 is 1. The van der Waals surface area contributed by atoms with E-state index in [1.54, 1.807) is 30.5 Å². The van der Waals surface area contributed by atoms with Gasteiger partial charge in [0.15, 0.2) is 5.75 Å². The fraction of sp³-hybridized carbons (Fsp3) is 0.158. The predicted octanol–water partition coefficient (Wildman–Crippen LogP) is 3.70. The molecule has 1 aliphatic heterocycles. The van der Waals surface area contributed by atoms with Crippen LogP contribution in [0.15, 0.2) is 36.7 Å². The molecule has 0 saturated carbocycles. The van der Waals surface area contributed by atoms with Crippen LogP contribution in [0, 0.1) is 4.91 Å². The third-order valence-electron chi connectivity index (χ3n) is 5.09. The molecule has 0 amide bonds. The molecule has 4 aromatic rings. The van der Waals surface area contributed by atoms with E-state index in [1.165, 1.54) is 0 Å². The van der Waals surface area contributed by atoms with E-state index in [9.17, 15) is 15.1 Å². The lowest BCUT2D eigenvalue weighted by molar-refractivity contribution is -0.461. The van der Waals surface area contributed by atoms with E-state index in [4.69, 9.17) is 0 Å². The summed E-state index contributed by atoms with van der Waals surface area (Å²) in [5.74, 6) is 0.341. The van der Waals surface area contributed by atoms with Crippen LogP contribution in [0.3, 0.4) is 0 Å². The summed E-state index contributed by atoms with van der Waals surface area (Å²) >= 11 is 0. The van der Waals surface area contributed by atoms with Crippen LogP contribution in [0.25, 0.3) is 32.9 Å². The molecular formula is C19H16N3O3+. The second-order valence-electron chi connectivity index (χ2n) is 6.54. The monoisotopic (exact) mass is 334 g/mol. The Labute approximate surface area is 142 Å². The fourth-order valence-corrected chi connectivity index (χ4v) is 3.98. The van der Waals surface area contributed by atoms with Crippen molar-refractivity contribution in [1.29, 1.82) is 0 Å². The predicted molar refractivity (Wildman–Crippen MR) is 95.4 cm³/mol. The summed E-state index contributed by atoms with van der Waals surface area (Å²) < 4.78 is 2.90. The largest absolute Gasteiger partial charge is 0.508 e. The van der Waals surface area contributed by atoms with E-state index < -0.39 is 0 Å². The van der Waals surface area contributed by atoms with Crippen molar-refractivity contribution in [3.8, 4) is 22.6 Å². The summed E-state index contributed by atoms with van der Waals surface area (Å²) in [6.45, 7) is 0.395. The Hall–Kier alpha value is -3.28. The maximum Gasteiger partial charge on any atom is 0.275 e. The molecule has 0 atom stereocenters. The van der Waals surface area contributed by atoms with Crippen molar-refractivity contribution in [2.75, 3.05) is 6.54 Å². The molecule has 6 heteroatoms. The number of rotatable bonds is 1. The summed E-state index contributed by atoms with van der Waals surface area (Å²) in [6.07, 6.45) is 4.45. The van der Waals surface area contributed by atoms with Crippen LogP contribution in [0.1, 0.15) is 5.56 Å². The topological polar surface area (TPSA) is 81.3 Å². The summed E-state index contributed by atoms with van der Waals surface area (Å²) in [4.78, 5) is 15.8. The molecule has 1 aliphatic rings. The molecule has 3 N–H and O–H groups in total. The number of hydrogen-bond acceptors (Lipinski definition) is 3. The Morgan fingerprint density at radius 2 is 1.92 bits per heavy atom. The number of phenolic OH excluding ortho intramolecular Hbond substituents is 2. The van der Waals surface area contributed by atoms with Gasteiger partial charge in [-0.2, -0.15) is 0 Å². The lowest BCUT2D eigenvalue weighted by Gasteiger charge is -2.09. The van der Waals surface area contributed by atoms with Crippen LogP contribution in [0.5, 0.6) is 11.5 Å². The van der Waals surface area contributed by atoms with Gasteiger partial charge in [0.05, 0.1) is 21.8 Å². The Morgan fingerprint density at radius 3 is 2.68 bits per heavy atom. The lowest BCUT2D eigenvalue weighted by atomic mass is 9.96. The third kappa shape index (κ3) is 1.73. The molecule has 3 heterocycles. The van der Waals surface area contributed by atoms with Crippen LogP contribution in [-0.2, 0) is 13.5 Å². The number of H-pyrrole nitrogens is 1. The van der Waals surface area contributed by atoms with Crippen LogP contribution in [0.2, 0.25) is 0 Å². The molecule has 25 heavy (non-hydrogen) atoms. The van der Waals surface area contributed by atoms with Crippen molar-refractivity contribution in [2.24, 2.45) is 7.05 Å². The van der Waals surface area contributed by atoms with Crippen molar-refractivity contribution < 1.29 is 15.0 Å². The first kappa shape index (κ1) is 14.1. The molecule has 2 aromatic heterocycles. The second kappa shape index (κ2) is 4.63. The zero-order valence-corrected chi connectivity index (χ0v) is 13.6. The number of nitrogens with zero attached hydrogens (tertiary/aromatic N) is 2. The van der Waals surface area contributed by atoms with E-state index in [0.717, 1.165) is 32.2 Å². The first-order chi connectivity index (χ1) is 12.1. The highest BCUT2D eigenvalue weighted by Crippen LogP contribution is 2.48. The number of fused-ring (bicyclic) bond motifs is 2. The molecule has 2 aromatic carbocycles. The van der Waals surface area contributed by atoms with Gasteiger partial charge in [-0.15, -0.1) is 0 Å². The van der Waals surface area contributed by atoms with Crippen molar-refractivity contribution in [3.63, 3.8) is 0 Å². The van der Waals surface area contributed by atoms with Gasteiger partial charge in [-0.3, -0.25) is 0 Å². The number of aryl methyl sites for hydroxylation is 1. The van der Waals surface area contributed by atoms with Gasteiger partial charge in [-0.1, -0.05) is 12.1 Å². The van der Waals surface area contributed by atoms with Crippen molar-refractivity contribution in [2.45, 2.75) is 6.42 Å². The highest BCUT2D eigenvalue weighted by molar-refractivity contribution is 6.17. The Kier molecular flexibility index (Phi) is 2.61. The number of benzene rings is 2. The van der Waals surface area contributed by atoms with Gasteiger partial charge in [0, 0.05) is 41.1 Å². The van der Waals surface area contributed by atoms with Crippen molar-refractivity contribution >= 4 is 27.5 Å². The Morgan fingerprint density at radius 1 is 1.16 bits per heavy atom. The Balaban J connectivity index is 1.98. The van der Waals surface area contributed by atoms with E-state index in [2.05, 4.69) is 4.98 Å². The second-order valence-corrected chi connectivity index (χ2v) is 6.54. The Bertz CT molecular complexity index is 1180. The molecule has 0 spiro atoms. The van der Waals surface area contributed by atoms with Crippen LogP contribution in [0.4, 0.5) is 5.69 Å². The highest BCUT2D eigenvalue weighted by atomic mass is 16.3. The average molecular weight is 334 g/mol. The first-order valence-corrected chi connectivity index (χ1v) is 8.14. The van der Waals surface area contributed by atoms with Gasteiger partial charge in [0.1, 0.15) is 5.75 Å². The minimum absolute atomic E-state index is 0.155. The summed E-state index contributed by atoms with van der Waals surface area (Å²) in [7, 11) is 1.88. The zero-order chi connectivity index (χ0) is 17.3. The number of aromatic amines is 1.